The van der Waals surface area contributed by atoms with Crippen LogP contribution in [0.3, 0.4) is 0 Å². The number of aryl methyl sites for hydroxylation is 1. The fraction of sp³-hybridized carbons (Fsp3) is 0.231. The van der Waals surface area contributed by atoms with Gasteiger partial charge in [-0.1, -0.05) is 6.07 Å². The highest BCUT2D eigenvalue weighted by molar-refractivity contribution is 7.98. The van der Waals surface area contributed by atoms with Gasteiger partial charge >= 0.3 is 0 Å². The fourth-order valence-electron chi connectivity index (χ4n) is 1.57. The standard InChI is InChI=1S/C13H13N3OS/c1-3-16-9-10(8-15-16)17-12-5-4-6-13(18-2)11(12)7-14/h4-6,8-9H,3H2,1-2H3. The minimum atomic E-state index is 0.564. The molecule has 0 saturated carbocycles. The molecule has 2 rings (SSSR count). The number of thioether (sulfide) groups is 1. The molecule has 4 nitrogen and oxygen atoms in total. The summed E-state index contributed by atoms with van der Waals surface area (Å²) in [6, 6.07) is 7.77. The first-order valence-electron chi connectivity index (χ1n) is 5.56. The minimum absolute atomic E-state index is 0.564. The summed E-state index contributed by atoms with van der Waals surface area (Å²) in [6.45, 7) is 2.80. The predicted octanol–water partition coefficient (Wildman–Crippen LogP) is 3.29. The van der Waals surface area contributed by atoms with Crippen molar-refractivity contribution in [3.8, 4) is 17.6 Å². The normalized spacial score (nSPS) is 10.1. The van der Waals surface area contributed by atoms with Crippen LogP contribution in [-0.2, 0) is 6.54 Å². The van der Waals surface area contributed by atoms with E-state index >= 15 is 0 Å². The van der Waals surface area contributed by atoms with Crippen molar-refractivity contribution in [3.63, 3.8) is 0 Å². The van der Waals surface area contributed by atoms with Gasteiger partial charge in [-0.15, -0.1) is 11.8 Å². The molecular formula is C13H13N3OS. The Balaban J connectivity index is 2.31. The summed E-state index contributed by atoms with van der Waals surface area (Å²) in [5.41, 5.74) is 0.564. The van der Waals surface area contributed by atoms with E-state index in [2.05, 4.69) is 11.2 Å². The smallest absolute Gasteiger partial charge is 0.165 e. The maximum Gasteiger partial charge on any atom is 0.165 e. The van der Waals surface area contributed by atoms with Gasteiger partial charge in [0.05, 0.1) is 12.4 Å². The lowest BCUT2D eigenvalue weighted by atomic mass is 10.2. The SMILES string of the molecule is CCn1cc(Oc2cccc(SC)c2C#N)cn1. The third kappa shape index (κ3) is 2.49. The molecule has 0 aliphatic carbocycles. The number of hydrogen-bond acceptors (Lipinski definition) is 4. The lowest BCUT2D eigenvalue weighted by molar-refractivity contribution is 0.478. The maximum atomic E-state index is 9.20. The van der Waals surface area contributed by atoms with Gasteiger partial charge in [0, 0.05) is 11.4 Å². The highest BCUT2D eigenvalue weighted by Gasteiger charge is 2.10. The van der Waals surface area contributed by atoms with Crippen molar-refractivity contribution in [2.45, 2.75) is 18.4 Å². The molecule has 1 aromatic carbocycles. The number of hydrogen-bond donors (Lipinski definition) is 0. The van der Waals surface area contributed by atoms with Gasteiger partial charge in [-0.25, -0.2) is 0 Å². The van der Waals surface area contributed by atoms with Crippen molar-refractivity contribution in [3.05, 3.63) is 36.2 Å². The fourth-order valence-corrected chi connectivity index (χ4v) is 2.14. The Morgan fingerprint density at radius 3 is 2.94 bits per heavy atom. The lowest BCUT2D eigenvalue weighted by Gasteiger charge is -2.07. The zero-order valence-corrected chi connectivity index (χ0v) is 11.1. The molecule has 92 valence electrons. The Morgan fingerprint density at radius 2 is 2.33 bits per heavy atom. The molecule has 0 spiro atoms. The van der Waals surface area contributed by atoms with Crippen LogP contribution in [0.25, 0.3) is 0 Å². The molecule has 0 amide bonds. The summed E-state index contributed by atoms with van der Waals surface area (Å²) < 4.78 is 7.48. The van der Waals surface area contributed by atoms with Crippen molar-refractivity contribution in [1.29, 1.82) is 5.26 Å². The third-order valence-electron chi connectivity index (χ3n) is 2.48. The predicted molar refractivity (Wildman–Crippen MR) is 70.9 cm³/mol. The molecular weight excluding hydrogens is 246 g/mol. The molecule has 0 saturated heterocycles. The van der Waals surface area contributed by atoms with E-state index in [1.807, 2.05) is 31.5 Å². The molecule has 18 heavy (non-hydrogen) atoms. The minimum Gasteiger partial charge on any atom is -0.453 e. The zero-order chi connectivity index (χ0) is 13.0. The molecule has 0 aliphatic rings. The van der Waals surface area contributed by atoms with Gasteiger partial charge in [0.25, 0.3) is 0 Å². The van der Waals surface area contributed by atoms with E-state index in [0.717, 1.165) is 11.4 Å². The molecule has 0 unspecified atom stereocenters. The second-order valence-corrected chi connectivity index (χ2v) is 4.43. The number of aromatic nitrogens is 2. The average molecular weight is 259 g/mol. The van der Waals surface area contributed by atoms with E-state index in [1.165, 1.54) is 11.8 Å². The van der Waals surface area contributed by atoms with Crippen LogP contribution in [0.1, 0.15) is 12.5 Å². The Bertz CT molecular complexity index is 586. The third-order valence-corrected chi connectivity index (χ3v) is 3.26. The van der Waals surface area contributed by atoms with Crippen LogP contribution in [0.2, 0.25) is 0 Å². The first-order chi connectivity index (χ1) is 8.78. The van der Waals surface area contributed by atoms with Crippen LogP contribution in [0.15, 0.2) is 35.5 Å². The van der Waals surface area contributed by atoms with Crippen LogP contribution in [-0.4, -0.2) is 16.0 Å². The van der Waals surface area contributed by atoms with Crippen molar-refractivity contribution in [1.82, 2.24) is 9.78 Å². The molecule has 0 N–H and O–H groups in total. The second kappa shape index (κ2) is 5.61. The largest absolute Gasteiger partial charge is 0.453 e. The van der Waals surface area contributed by atoms with Gasteiger partial charge in [0.15, 0.2) is 5.75 Å². The van der Waals surface area contributed by atoms with Crippen molar-refractivity contribution >= 4 is 11.8 Å². The summed E-state index contributed by atoms with van der Waals surface area (Å²) in [4.78, 5) is 0.915. The molecule has 1 heterocycles. The number of rotatable bonds is 4. The summed E-state index contributed by atoms with van der Waals surface area (Å²) >= 11 is 1.53. The van der Waals surface area contributed by atoms with E-state index in [0.29, 0.717) is 17.1 Å². The van der Waals surface area contributed by atoms with Crippen LogP contribution >= 0.6 is 11.8 Å². The zero-order valence-electron chi connectivity index (χ0n) is 10.3. The topological polar surface area (TPSA) is 50.8 Å². The van der Waals surface area contributed by atoms with Gasteiger partial charge in [0.2, 0.25) is 0 Å². The maximum absolute atomic E-state index is 9.20. The Hall–Kier alpha value is -1.93. The van der Waals surface area contributed by atoms with Crippen molar-refractivity contribution in [2.24, 2.45) is 0 Å². The molecule has 0 radical (unpaired) electrons. The average Bonchev–Trinajstić information content (AvgIpc) is 2.86. The van der Waals surface area contributed by atoms with Crippen LogP contribution in [0, 0.1) is 11.3 Å². The number of ether oxygens (including phenoxy) is 1. The first-order valence-corrected chi connectivity index (χ1v) is 6.78. The van der Waals surface area contributed by atoms with Gasteiger partial charge < -0.3 is 4.74 Å². The van der Waals surface area contributed by atoms with Crippen LogP contribution < -0.4 is 4.74 Å². The van der Waals surface area contributed by atoms with Crippen LogP contribution in [0.5, 0.6) is 11.5 Å². The Morgan fingerprint density at radius 1 is 1.50 bits per heavy atom. The van der Waals surface area contributed by atoms with Crippen molar-refractivity contribution in [2.75, 3.05) is 6.26 Å². The molecule has 0 aliphatic heterocycles. The quantitative estimate of drug-likeness (QED) is 0.791. The highest BCUT2D eigenvalue weighted by Crippen LogP contribution is 2.31. The summed E-state index contributed by atoms with van der Waals surface area (Å²) in [5, 5.41) is 13.3. The number of benzene rings is 1. The van der Waals surface area contributed by atoms with Crippen molar-refractivity contribution < 1.29 is 4.74 Å². The second-order valence-electron chi connectivity index (χ2n) is 3.58. The Labute approximate surface area is 110 Å². The molecule has 2 aromatic rings. The van der Waals surface area contributed by atoms with Gasteiger partial charge in [-0.2, -0.15) is 10.4 Å². The van der Waals surface area contributed by atoms with E-state index in [1.54, 1.807) is 16.9 Å². The molecule has 0 bridgehead atoms. The van der Waals surface area contributed by atoms with Crippen LogP contribution in [0.4, 0.5) is 0 Å². The van der Waals surface area contributed by atoms with E-state index in [-0.39, 0.29) is 0 Å². The lowest BCUT2D eigenvalue weighted by Crippen LogP contribution is -1.92. The highest BCUT2D eigenvalue weighted by atomic mass is 32.2. The Kier molecular flexibility index (Phi) is 3.90. The van der Waals surface area contributed by atoms with Gasteiger partial charge in [-0.05, 0) is 25.3 Å². The molecule has 0 fully saturated rings. The summed E-state index contributed by atoms with van der Waals surface area (Å²) in [5.74, 6) is 1.21. The van der Waals surface area contributed by atoms with Gasteiger partial charge in [0.1, 0.15) is 17.4 Å². The number of nitrogens with zero attached hydrogens (tertiary/aromatic N) is 3. The monoisotopic (exact) mass is 259 g/mol. The van der Waals surface area contributed by atoms with E-state index < -0.39 is 0 Å². The molecule has 1 aromatic heterocycles. The molecule has 5 heteroatoms. The molecule has 0 atom stereocenters. The number of nitriles is 1. The van der Waals surface area contributed by atoms with E-state index in [4.69, 9.17) is 4.74 Å². The summed E-state index contributed by atoms with van der Waals surface area (Å²) in [6.07, 6.45) is 5.40. The summed E-state index contributed by atoms with van der Waals surface area (Å²) in [7, 11) is 0. The first kappa shape index (κ1) is 12.5. The van der Waals surface area contributed by atoms with Gasteiger partial charge in [-0.3, -0.25) is 4.68 Å². The van der Waals surface area contributed by atoms with E-state index in [9.17, 15) is 5.26 Å².